The number of primary amides is 1. The van der Waals surface area contributed by atoms with Crippen LogP contribution < -0.4 is 16.4 Å². The number of rotatable bonds is 3. The van der Waals surface area contributed by atoms with Gasteiger partial charge in [0.25, 0.3) is 5.91 Å². The molecule has 0 aromatic carbocycles. The molecule has 0 saturated carbocycles. The Hall–Kier alpha value is -1.82. The number of likely N-dealkylation sites (N-methyl/N-ethyl adjacent to an activating group) is 1. The number of carbonyl (C=O) groups is 1. The Kier molecular flexibility index (Phi) is 3.90. The quantitative estimate of drug-likeness (QED) is 0.818. The second-order valence-electron chi connectivity index (χ2n) is 4.93. The minimum atomic E-state index is -0.486. The molecule has 19 heavy (non-hydrogen) atoms. The van der Waals surface area contributed by atoms with Gasteiger partial charge in [0.1, 0.15) is 5.82 Å². The number of hydrogen-bond donors (Lipinski definition) is 2. The predicted molar refractivity (Wildman–Crippen MR) is 76.1 cm³/mol. The Morgan fingerprint density at radius 1 is 1.53 bits per heavy atom. The van der Waals surface area contributed by atoms with Crippen LogP contribution in [0.25, 0.3) is 0 Å². The fourth-order valence-corrected chi connectivity index (χ4v) is 2.56. The molecule has 1 aliphatic rings. The molecule has 0 spiro atoms. The monoisotopic (exact) mass is 263 g/mol. The molecule has 0 bridgehead atoms. The number of nitrogens with zero attached hydrogens (tertiary/aromatic N) is 3. The van der Waals surface area contributed by atoms with E-state index in [4.69, 9.17) is 11.5 Å². The Morgan fingerprint density at radius 2 is 2.26 bits per heavy atom. The molecule has 1 aliphatic heterocycles. The molecule has 1 amide bonds. The lowest BCUT2D eigenvalue weighted by atomic mass is 10.1. The maximum Gasteiger partial charge on any atom is 0.252 e. The van der Waals surface area contributed by atoms with E-state index in [1.54, 1.807) is 12.3 Å². The molecule has 1 saturated heterocycles. The molecule has 2 rings (SSSR count). The van der Waals surface area contributed by atoms with Crippen molar-refractivity contribution in [1.29, 1.82) is 0 Å². The van der Waals surface area contributed by atoms with Gasteiger partial charge in [0, 0.05) is 25.7 Å². The standard InChI is InChI=1S/C13H21N5O/c1-3-17-4-5-18(8-9(17)2)13-11(12(15)19)6-10(14)7-16-13/h6-7,9H,3-5,8,14H2,1-2H3,(H2,15,19). The van der Waals surface area contributed by atoms with Crippen molar-refractivity contribution in [2.45, 2.75) is 19.9 Å². The summed E-state index contributed by atoms with van der Waals surface area (Å²) < 4.78 is 0. The number of hydrogen-bond acceptors (Lipinski definition) is 5. The van der Waals surface area contributed by atoms with Crippen molar-refractivity contribution in [2.75, 3.05) is 36.8 Å². The van der Waals surface area contributed by atoms with E-state index < -0.39 is 5.91 Å². The van der Waals surface area contributed by atoms with Gasteiger partial charge in [0.15, 0.2) is 0 Å². The minimum Gasteiger partial charge on any atom is -0.397 e. The van der Waals surface area contributed by atoms with Crippen LogP contribution in [0.2, 0.25) is 0 Å². The first-order valence-corrected chi connectivity index (χ1v) is 6.57. The summed E-state index contributed by atoms with van der Waals surface area (Å²) in [5, 5.41) is 0. The summed E-state index contributed by atoms with van der Waals surface area (Å²) in [6.45, 7) is 8.01. The Bertz CT molecular complexity index is 476. The lowest BCUT2D eigenvalue weighted by molar-refractivity contribution is 0.1000. The number of anilines is 2. The summed E-state index contributed by atoms with van der Waals surface area (Å²) in [7, 11) is 0. The Morgan fingerprint density at radius 3 is 2.84 bits per heavy atom. The van der Waals surface area contributed by atoms with Gasteiger partial charge < -0.3 is 16.4 Å². The van der Waals surface area contributed by atoms with Crippen molar-refractivity contribution in [3.05, 3.63) is 17.8 Å². The molecule has 1 aromatic rings. The lowest BCUT2D eigenvalue weighted by Gasteiger charge is -2.40. The van der Waals surface area contributed by atoms with E-state index in [1.165, 1.54) is 0 Å². The van der Waals surface area contributed by atoms with E-state index in [0.717, 1.165) is 26.2 Å². The number of nitrogens with two attached hydrogens (primary N) is 2. The van der Waals surface area contributed by atoms with E-state index >= 15 is 0 Å². The molecule has 6 heteroatoms. The van der Waals surface area contributed by atoms with E-state index in [0.29, 0.717) is 23.1 Å². The van der Waals surface area contributed by atoms with Gasteiger partial charge in [-0.3, -0.25) is 9.69 Å². The SMILES string of the molecule is CCN1CCN(c2ncc(N)cc2C(N)=O)CC1C. The highest BCUT2D eigenvalue weighted by Crippen LogP contribution is 2.22. The summed E-state index contributed by atoms with van der Waals surface area (Å²) >= 11 is 0. The Balaban J connectivity index is 2.25. The van der Waals surface area contributed by atoms with Gasteiger partial charge in [-0.2, -0.15) is 0 Å². The maximum absolute atomic E-state index is 11.5. The lowest BCUT2D eigenvalue weighted by Crippen LogP contribution is -2.52. The van der Waals surface area contributed by atoms with Crippen LogP contribution in [0.1, 0.15) is 24.2 Å². The molecule has 1 fully saturated rings. The van der Waals surface area contributed by atoms with Gasteiger partial charge in [-0.1, -0.05) is 6.92 Å². The van der Waals surface area contributed by atoms with Crippen LogP contribution in [0.3, 0.4) is 0 Å². The first-order chi connectivity index (χ1) is 9.02. The molecule has 6 nitrogen and oxygen atoms in total. The van der Waals surface area contributed by atoms with Crippen LogP contribution in [0.5, 0.6) is 0 Å². The highest BCUT2D eigenvalue weighted by atomic mass is 16.1. The normalized spacial score (nSPS) is 20.5. The van der Waals surface area contributed by atoms with Crippen molar-refractivity contribution in [2.24, 2.45) is 5.73 Å². The average molecular weight is 263 g/mol. The summed E-state index contributed by atoms with van der Waals surface area (Å²) in [6, 6.07) is 2.03. The molecular formula is C13H21N5O. The van der Waals surface area contributed by atoms with Gasteiger partial charge in [-0.05, 0) is 19.5 Å². The third kappa shape index (κ3) is 2.78. The zero-order valence-electron chi connectivity index (χ0n) is 11.5. The van der Waals surface area contributed by atoms with Gasteiger partial charge in [0.2, 0.25) is 0 Å². The molecule has 104 valence electrons. The van der Waals surface area contributed by atoms with Crippen molar-refractivity contribution in [3.63, 3.8) is 0 Å². The maximum atomic E-state index is 11.5. The van der Waals surface area contributed by atoms with E-state index in [1.807, 2.05) is 0 Å². The second kappa shape index (κ2) is 5.44. The summed E-state index contributed by atoms with van der Waals surface area (Å²) in [5.41, 5.74) is 11.9. The molecule has 1 atom stereocenters. The molecule has 1 aromatic heterocycles. The van der Waals surface area contributed by atoms with Crippen LogP contribution in [0.4, 0.5) is 11.5 Å². The van der Waals surface area contributed by atoms with Gasteiger partial charge in [0.05, 0.1) is 17.4 Å². The summed E-state index contributed by atoms with van der Waals surface area (Å²) in [6.07, 6.45) is 1.57. The molecule has 0 aliphatic carbocycles. The molecule has 4 N–H and O–H groups in total. The molecule has 1 unspecified atom stereocenters. The van der Waals surface area contributed by atoms with E-state index in [9.17, 15) is 4.79 Å². The fourth-order valence-electron chi connectivity index (χ4n) is 2.56. The summed E-state index contributed by atoms with van der Waals surface area (Å²) in [4.78, 5) is 20.3. The third-order valence-electron chi connectivity index (χ3n) is 3.62. The fraction of sp³-hybridized carbons (Fsp3) is 0.538. The van der Waals surface area contributed by atoms with Crippen LogP contribution >= 0.6 is 0 Å². The minimum absolute atomic E-state index is 0.400. The van der Waals surface area contributed by atoms with Crippen LogP contribution in [0, 0.1) is 0 Å². The average Bonchev–Trinajstić information content (AvgIpc) is 2.38. The molecule has 2 heterocycles. The number of carbonyl (C=O) groups excluding carboxylic acids is 1. The van der Waals surface area contributed by atoms with E-state index in [2.05, 4.69) is 28.6 Å². The van der Waals surface area contributed by atoms with E-state index in [-0.39, 0.29) is 0 Å². The first kappa shape index (κ1) is 13.6. The smallest absolute Gasteiger partial charge is 0.252 e. The largest absolute Gasteiger partial charge is 0.397 e. The third-order valence-corrected chi connectivity index (χ3v) is 3.62. The first-order valence-electron chi connectivity index (χ1n) is 6.57. The molecular weight excluding hydrogens is 242 g/mol. The van der Waals surface area contributed by atoms with Crippen LogP contribution in [-0.4, -0.2) is 48.0 Å². The van der Waals surface area contributed by atoms with Crippen molar-refractivity contribution in [3.8, 4) is 0 Å². The topological polar surface area (TPSA) is 88.5 Å². The number of amides is 1. The second-order valence-corrected chi connectivity index (χ2v) is 4.93. The van der Waals surface area contributed by atoms with Gasteiger partial charge in [-0.15, -0.1) is 0 Å². The number of pyridine rings is 1. The zero-order chi connectivity index (χ0) is 14.0. The van der Waals surface area contributed by atoms with Crippen LogP contribution in [0.15, 0.2) is 12.3 Å². The highest BCUT2D eigenvalue weighted by molar-refractivity contribution is 5.98. The van der Waals surface area contributed by atoms with Crippen molar-refractivity contribution < 1.29 is 4.79 Å². The number of nitrogen functional groups attached to an aromatic ring is 1. The summed E-state index contributed by atoms with van der Waals surface area (Å²) in [5.74, 6) is 0.157. The van der Waals surface area contributed by atoms with Crippen LogP contribution in [-0.2, 0) is 0 Å². The van der Waals surface area contributed by atoms with Gasteiger partial charge >= 0.3 is 0 Å². The Labute approximate surface area is 113 Å². The van der Waals surface area contributed by atoms with Crippen molar-refractivity contribution in [1.82, 2.24) is 9.88 Å². The predicted octanol–water partition coefficient (Wildman–Crippen LogP) is 0.293. The zero-order valence-corrected chi connectivity index (χ0v) is 11.5. The highest BCUT2D eigenvalue weighted by Gasteiger charge is 2.25. The number of aromatic nitrogens is 1. The van der Waals surface area contributed by atoms with Crippen molar-refractivity contribution >= 4 is 17.4 Å². The number of piperazine rings is 1. The van der Waals surface area contributed by atoms with Gasteiger partial charge in [-0.25, -0.2) is 4.98 Å². The molecule has 0 radical (unpaired) electrons.